The number of nitrogens with one attached hydrogen (secondary N) is 1. The fourth-order valence-electron chi connectivity index (χ4n) is 9.08. The van der Waals surface area contributed by atoms with E-state index in [2.05, 4.69) is 55.6 Å². The first-order valence-electron chi connectivity index (χ1n) is 29.8. The number of amides is 1. The molecule has 0 rings (SSSR count). The van der Waals surface area contributed by atoms with Crippen molar-refractivity contribution in [3.63, 3.8) is 0 Å². The topological polar surface area (TPSA) is 95.9 Å². The largest absolute Gasteiger partial charge is 0.466 e. The second-order valence-corrected chi connectivity index (χ2v) is 20.4. The molecule has 0 fully saturated rings. The van der Waals surface area contributed by atoms with E-state index in [1.165, 1.54) is 205 Å². The Morgan fingerprint density at radius 2 is 0.761 bits per heavy atom. The van der Waals surface area contributed by atoms with E-state index in [1.54, 1.807) is 0 Å². The third kappa shape index (κ3) is 53.3. The molecule has 0 saturated heterocycles. The van der Waals surface area contributed by atoms with Gasteiger partial charge in [0.15, 0.2) is 0 Å². The molecule has 0 spiro atoms. The first-order chi connectivity index (χ1) is 33.0. The first-order valence-corrected chi connectivity index (χ1v) is 29.8. The van der Waals surface area contributed by atoms with E-state index >= 15 is 0 Å². The lowest BCUT2D eigenvalue weighted by Gasteiger charge is -2.22. The fraction of sp³-hybridized carbons (Fsp3) is 0.869. The van der Waals surface area contributed by atoms with Crippen molar-refractivity contribution in [1.82, 2.24) is 5.32 Å². The lowest BCUT2D eigenvalue weighted by molar-refractivity contribution is -0.143. The van der Waals surface area contributed by atoms with Crippen LogP contribution in [-0.4, -0.2) is 47.4 Å². The third-order valence-electron chi connectivity index (χ3n) is 13.7. The molecule has 0 aromatic carbocycles. The minimum Gasteiger partial charge on any atom is -0.466 e. The number of esters is 1. The van der Waals surface area contributed by atoms with Crippen LogP contribution in [-0.2, 0) is 14.3 Å². The van der Waals surface area contributed by atoms with E-state index in [1.807, 2.05) is 0 Å². The molecule has 0 bridgehead atoms. The summed E-state index contributed by atoms with van der Waals surface area (Å²) >= 11 is 0. The van der Waals surface area contributed by atoms with Gasteiger partial charge in [0.25, 0.3) is 0 Å². The summed E-state index contributed by atoms with van der Waals surface area (Å²) in [5.41, 5.74) is 0. The second-order valence-electron chi connectivity index (χ2n) is 20.4. The Hall–Kier alpha value is -1.92. The van der Waals surface area contributed by atoms with Crippen molar-refractivity contribution in [1.29, 1.82) is 0 Å². The zero-order valence-electron chi connectivity index (χ0n) is 44.9. The van der Waals surface area contributed by atoms with E-state index in [0.29, 0.717) is 25.9 Å². The van der Waals surface area contributed by atoms with Crippen LogP contribution in [0.25, 0.3) is 0 Å². The van der Waals surface area contributed by atoms with Crippen LogP contribution in [0.4, 0.5) is 0 Å². The van der Waals surface area contributed by atoms with Crippen LogP contribution < -0.4 is 5.32 Å². The SMILES string of the molecule is CCCC/C=C\CCCCCCCC(=O)OCCCCC/C=C\C=C/CCCCCCCCC(=O)NC(CO)C(O)CCCCCCCCCCCCCCCCCCCCCCCCCC. The molecule has 0 aliphatic heterocycles. The van der Waals surface area contributed by atoms with Crippen molar-refractivity contribution in [2.45, 2.75) is 328 Å². The van der Waals surface area contributed by atoms with Gasteiger partial charge in [0.2, 0.25) is 5.91 Å². The van der Waals surface area contributed by atoms with Gasteiger partial charge in [0.1, 0.15) is 0 Å². The number of carbonyl (C=O) groups is 2. The number of carbonyl (C=O) groups excluding carboxylic acids is 2. The lowest BCUT2D eigenvalue weighted by Crippen LogP contribution is -2.45. The normalized spacial score (nSPS) is 12.8. The minimum atomic E-state index is -0.680. The van der Waals surface area contributed by atoms with Gasteiger partial charge >= 0.3 is 5.97 Å². The summed E-state index contributed by atoms with van der Waals surface area (Å²) in [6.07, 6.45) is 70.0. The minimum absolute atomic E-state index is 0.0324. The maximum absolute atomic E-state index is 12.5. The molecule has 0 heterocycles. The van der Waals surface area contributed by atoms with Crippen LogP contribution in [0.1, 0.15) is 316 Å². The molecule has 0 radical (unpaired) electrons. The smallest absolute Gasteiger partial charge is 0.305 e. The average molecular weight is 943 g/mol. The quantitative estimate of drug-likeness (QED) is 0.0244. The summed E-state index contributed by atoms with van der Waals surface area (Å²) in [5.74, 6) is -0.0877. The van der Waals surface area contributed by atoms with Gasteiger partial charge in [0, 0.05) is 12.8 Å². The summed E-state index contributed by atoms with van der Waals surface area (Å²) in [6, 6.07) is -0.560. The van der Waals surface area contributed by atoms with Gasteiger partial charge in [-0.3, -0.25) is 9.59 Å². The number of unbranched alkanes of at least 4 members (excludes halogenated alkanes) is 39. The second kappa shape index (κ2) is 56.7. The summed E-state index contributed by atoms with van der Waals surface area (Å²) in [5, 5.41) is 23.3. The van der Waals surface area contributed by atoms with Crippen molar-refractivity contribution in [3.8, 4) is 0 Å². The fourth-order valence-corrected chi connectivity index (χ4v) is 9.08. The van der Waals surface area contributed by atoms with Gasteiger partial charge in [-0.1, -0.05) is 262 Å². The van der Waals surface area contributed by atoms with Gasteiger partial charge in [-0.25, -0.2) is 0 Å². The van der Waals surface area contributed by atoms with Crippen LogP contribution in [0.15, 0.2) is 36.5 Å². The lowest BCUT2D eigenvalue weighted by atomic mass is 10.0. The number of hydrogen-bond donors (Lipinski definition) is 3. The Bertz CT molecular complexity index is 1090. The maximum Gasteiger partial charge on any atom is 0.305 e. The Morgan fingerprint density at radius 3 is 1.19 bits per heavy atom. The molecular weight excluding hydrogens is 827 g/mol. The highest BCUT2D eigenvalue weighted by atomic mass is 16.5. The van der Waals surface area contributed by atoms with Gasteiger partial charge in [0.05, 0.1) is 25.4 Å². The van der Waals surface area contributed by atoms with E-state index < -0.39 is 12.1 Å². The molecule has 0 aromatic heterocycles. The summed E-state index contributed by atoms with van der Waals surface area (Å²) < 4.78 is 5.42. The molecule has 1 amide bonds. The number of hydrogen-bond acceptors (Lipinski definition) is 5. The van der Waals surface area contributed by atoms with Crippen LogP contribution >= 0.6 is 0 Å². The van der Waals surface area contributed by atoms with Gasteiger partial charge in [-0.15, -0.1) is 0 Å². The van der Waals surface area contributed by atoms with Crippen molar-refractivity contribution in [2.24, 2.45) is 0 Å². The van der Waals surface area contributed by atoms with E-state index in [9.17, 15) is 19.8 Å². The number of aliphatic hydroxyl groups excluding tert-OH is 2. The molecular formula is C61H115NO5. The summed E-state index contributed by atoms with van der Waals surface area (Å²) in [6.45, 7) is 4.87. The number of rotatable bonds is 55. The number of aliphatic hydroxyl groups is 2. The van der Waals surface area contributed by atoms with Crippen LogP contribution in [0, 0.1) is 0 Å². The zero-order valence-corrected chi connectivity index (χ0v) is 44.9. The standard InChI is InChI=1S/C61H115NO5/c1-3-5-7-9-11-13-15-16-17-18-19-20-21-22-23-24-25-27-30-34-37-41-45-49-53-59(64)58(57-63)62-60(65)54-50-46-42-38-35-31-28-26-29-32-36-40-44-48-52-56-67-61(66)55-51-47-43-39-33-14-12-10-8-6-4-2/h10,12,26,29,32,36,58-59,63-64H,3-9,11,13-25,27-28,30-31,33-35,37-57H2,1-2H3,(H,62,65)/b12-10-,29-26-,36-32-. The molecule has 6 heteroatoms. The molecule has 2 unspecified atom stereocenters. The highest BCUT2D eigenvalue weighted by molar-refractivity contribution is 5.76. The van der Waals surface area contributed by atoms with Gasteiger partial charge < -0.3 is 20.3 Å². The summed E-state index contributed by atoms with van der Waals surface area (Å²) in [4.78, 5) is 24.5. The molecule has 0 aromatic rings. The predicted octanol–water partition coefficient (Wildman–Crippen LogP) is 18.4. The Morgan fingerprint density at radius 1 is 0.418 bits per heavy atom. The van der Waals surface area contributed by atoms with Crippen molar-refractivity contribution in [3.05, 3.63) is 36.5 Å². The highest BCUT2D eigenvalue weighted by Gasteiger charge is 2.20. The number of allylic oxidation sites excluding steroid dienone is 6. The zero-order chi connectivity index (χ0) is 48.6. The predicted molar refractivity (Wildman–Crippen MR) is 292 cm³/mol. The molecule has 394 valence electrons. The maximum atomic E-state index is 12.5. The Labute approximate surface area is 417 Å². The van der Waals surface area contributed by atoms with Crippen molar-refractivity contribution in [2.75, 3.05) is 13.2 Å². The van der Waals surface area contributed by atoms with Gasteiger partial charge in [-0.2, -0.15) is 0 Å². The van der Waals surface area contributed by atoms with Crippen molar-refractivity contribution >= 4 is 11.9 Å². The molecule has 67 heavy (non-hydrogen) atoms. The van der Waals surface area contributed by atoms with Crippen LogP contribution in [0.5, 0.6) is 0 Å². The molecule has 0 aliphatic rings. The molecule has 3 N–H and O–H groups in total. The highest BCUT2D eigenvalue weighted by Crippen LogP contribution is 2.17. The van der Waals surface area contributed by atoms with Gasteiger partial charge in [-0.05, 0) is 77.0 Å². The number of ether oxygens (including phenoxy) is 1. The molecule has 0 aliphatic carbocycles. The Kier molecular flexibility index (Phi) is 55.0. The van der Waals surface area contributed by atoms with E-state index in [-0.39, 0.29) is 18.5 Å². The third-order valence-corrected chi connectivity index (χ3v) is 13.7. The van der Waals surface area contributed by atoms with E-state index in [0.717, 1.165) is 77.0 Å². The average Bonchev–Trinajstić information content (AvgIpc) is 3.33. The van der Waals surface area contributed by atoms with Crippen LogP contribution in [0.2, 0.25) is 0 Å². The Balaban J connectivity index is 3.51. The molecule has 6 nitrogen and oxygen atoms in total. The van der Waals surface area contributed by atoms with E-state index in [4.69, 9.17) is 4.74 Å². The van der Waals surface area contributed by atoms with Crippen molar-refractivity contribution < 1.29 is 24.5 Å². The summed E-state index contributed by atoms with van der Waals surface area (Å²) in [7, 11) is 0. The molecule has 0 saturated carbocycles. The first kappa shape index (κ1) is 65.1. The monoisotopic (exact) mass is 942 g/mol. The molecule has 2 atom stereocenters. The van der Waals surface area contributed by atoms with Crippen LogP contribution in [0.3, 0.4) is 0 Å².